The highest BCUT2D eigenvalue weighted by atomic mass is 16.5. The molecule has 1 amide bonds. The Bertz CT molecular complexity index is 625. The molecule has 2 aromatic rings. The molecule has 1 aliphatic heterocycles. The average Bonchev–Trinajstić information content (AvgIpc) is 3.24. The maximum atomic E-state index is 11.8. The lowest BCUT2D eigenvalue weighted by atomic mass is 10.2. The number of benzene rings is 1. The molecule has 2 heterocycles. The van der Waals surface area contributed by atoms with Crippen LogP contribution >= 0.6 is 0 Å². The van der Waals surface area contributed by atoms with Crippen LogP contribution in [0.2, 0.25) is 0 Å². The average molecular weight is 317 g/mol. The Hall–Kier alpha value is -2.48. The largest absolute Gasteiger partial charge is 0.485 e. The lowest BCUT2D eigenvalue weighted by Crippen LogP contribution is -2.34. The van der Waals surface area contributed by atoms with Gasteiger partial charge in [-0.2, -0.15) is 4.80 Å². The number of aromatic nitrogens is 4. The fourth-order valence-electron chi connectivity index (χ4n) is 2.28. The predicted octanol–water partition coefficient (Wildman–Crippen LogP) is 0.547. The van der Waals surface area contributed by atoms with E-state index in [1.165, 1.54) is 4.80 Å². The Morgan fingerprint density at radius 3 is 3.04 bits per heavy atom. The van der Waals surface area contributed by atoms with Crippen LogP contribution in [0.3, 0.4) is 0 Å². The number of carbonyl (C=O) groups is 1. The SMILES string of the molecule is O=C(Cn1nnc(COc2ccccc2)n1)NCC1CCCO1. The Labute approximate surface area is 133 Å². The molecule has 1 unspecified atom stereocenters. The third kappa shape index (κ3) is 4.75. The maximum Gasteiger partial charge on any atom is 0.243 e. The van der Waals surface area contributed by atoms with Gasteiger partial charge in [-0.3, -0.25) is 4.79 Å². The molecular formula is C15H19N5O3. The summed E-state index contributed by atoms with van der Waals surface area (Å²) in [6.45, 7) is 1.54. The van der Waals surface area contributed by atoms with Crippen LogP contribution in [-0.2, 0) is 22.7 Å². The van der Waals surface area contributed by atoms with Crippen molar-refractivity contribution in [2.75, 3.05) is 13.2 Å². The zero-order valence-corrected chi connectivity index (χ0v) is 12.7. The van der Waals surface area contributed by atoms with Gasteiger partial charge in [-0.15, -0.1) is 10.2 Å². The van der Waals surface area contributed by atoms with E-state index in [2.05, 4.69) is 20.7 Å². The number of para-hydroxylation sites is 1. The molecule has 8 nitrogen and oxygen atoms in total. The van der Waals surface area contributed by atoms with Crippen LogP contribution in [0.15, 0.2) is 30.3 Å². The molecule has 0 radical (unpaired) electrons. The second kappa shape index (κ2) is 7.68. The van der Waals surface area contributed by atoms with Gasteiger partial charge in [0.05, 0.1) is 6.10 Å². The van der Waals surface area contributed by atoms with Crippen LogP contribution in [0.25, 0.3) is 0 Å². The maximum absolute atomic E-state index is 11.8. The third-order valence-corrected chi connectivity index (χ3v) is 3.44. The molecule has 0 saturated carbocycles. The second-order valence-electron chi connectivity index (χ2n) is 5.28. The van der Waals surface area contributed by atoms with Crippen LogP contribution in [0, 0.1) is 0 Å². The van der Waals surface area contributed by atoms with Gasteiger partial charge in [-0.25, -0.2) is 0 Å². The number of rotatable bonds is 7. The number of hydrogen-bond donors (Lipinski definition) is 1. The summed E-state index contributed by atoms with van der Waals surface area (Å²) < 4.78 is 11.0. The molecular weight excluding hydrogens is 298 g/mol. The first kappa shape index (κ1) is 15.4. The summed E-state index contributed by atoms with van der Waals surface area (Å²) in [5, 5.41) is 14.7. The van der Waals surface area contributed by atoms with Crippen molar-refractivity contribution in [2.45, 2.75) is 32.1 Å². The first-order chi connectivity index (χ1) is 11.3. The summed E-state index contributed by atoms with van der Waals surface area (Å²) in [6, 6.07) is 9.39. The van der Waals surface area contributed by atoms with E-state index in [4.69, 9.17) is 9.47 Å². The summed E-state index contributed by atoms with van der Waals surface area (Å²) >= 11 is 0. The standard InChI is InChI=1S/C15H19N5O3/c21-15(16-9-13-7-4-8-22-13)10-20-18-14(17-19-20)11-23-12-5-2-1-3-6-12/h1-3,5-6,13H,4,7-11H2,(H,16,21). The van der Waals surface area contributed by atoms with Gasteiger partial charge in [0.25, 0.3) is 0 Å². The van der Waals surface area contributed by atoms with E-state index in [1.807, 2.05) is 30.3 Å². The highest BCUT2D eigenvalue weighted by Crippen LogP contribution is 2.10. The first-order valence-electron chi connectivity index (χ1n) is 7.62. The van der Waals surface area contributed by atoms with Crippen molar-refractivity contribution in [2.24, 2.45) is 0 Å². The molecule has 1 fully saturated rings. The first-order valence-corrected chi connectivity index (χ1v) is 7.62. The zero-order chi connectivity index (χ0) is 15.9. The molecule has 23 heavy (non-hydrogen) atoms. The highest BCUT2D eigenvalue weighted by molar-refractivity contribution is 5.75. The van der Waals surface area contributed by atoms with Crippen LogP contribution in [0.5, 0.6) is 5.75 Å². The Balaban J connectivity index is 1.42. The van der Waals surface area contributed by atoms with Crippen LogP contribution in [-0.4, -0.2) is 45.4 Å². The zero-order valence-electron chi connectivity index (χ0n) is 12.7. The number of ether oxygens (including phenoxy) is 2. The molecule has 1 N–H and O–H groups in total. The summed E-state index contributed by atoms with van der Waals surface area (Å²) in [7, 11) is 0. The fraction of sp³-hybridized carbons (Fsp3) is 0.467. The van der Waals surface area contributed by atoms with Crippen molar-refractivity contribution in [3.63, 3.8) is 0 Å². The lowest BCUT2D eigenvalue weighted by Gasteiger charge is -2.10. The topological polar surface area (TPSA) is 91.2 Å². The smallest absolute Gasteiger partial charge is 0.243 e. The summed E-state index contributed by atoms with van der Waals surface area (Å²) in [6.07, 6.45) is 2.16. The normalized spacial score (nSPS) is 17.1. The quantitative estimate of drug-likeness (QED) is 0.802. The van der Waals surface area contributed by atoms with Crippen molar-refractivity contribution in [1.29, 1.82) is 0 Å². The number of hydrogen-bond acceptors (Lipinski definition) is 6. The van der Waals surface area contributed by atoms with Gasteiger partial charge in [-0.1, -0.05) is 18.2 Å². The second-order valence-corrected chi connectivity index (χ2v) is 5.28. The Morgan fingerprint density at radius 1 is 1.39 bits per heavy atom. The molecule has 1 saturated heterocycles. The molecule has 1 aromatic carbocycles. The minimum atomic E-state index is -0.159. The van der Waals surface area contributed by atoms with E-state index >= 15 is 0 Å². The van der Waals surface area contributed by atoms with Gasteiger partial charge < -0.3 is 14.8 Å². The highest BCUT2D eigenvalue weighted by Gasteiger charge is 2.16. The van der Waals surface area contributed by atoms with E-state index in [-0.39, 0.29) is 25.2 Å². The molecule has 8 heteroatoms. The van der Waals surface area contributed by atoms with Gasteiger partial charge in [0, 0.05) is 13.2 Å². The number of carbonyl (C=O) groups excluding carboxylic acids is 1. The molecule has 1 aliphatic rings. The minimum Gasteiger partial charge on any atom is -0.485 e. The third-order valence-electron chi connectivity index (χ3n) is 3.44. The molecule has 1 aromatic heterocycles. The van der Waals surface area contributed by atoms with E-state index in [9.17, 15) is 4.79 Å². The van der Waals surface area contributed by atoms with Crippen LogP contribution in [0.4, 0.5) is 0 Å². The van der Waals surface area contributed by atoms with E-state index in [1.54, 1.807) is 0 Å². The van der Waals surface area contributed by atoms with Crippen molar-refractivity contribution < 1.29 is 14.3 Å². The van der Waals surface area contributed by atoms with Gasteiger partial charge >= 0.3 is 0 Å². The Kier molecular flexibility index (Phi) is 5.15. The van der Waals surface area contributed by atoms with Crippen molar-refractivity contribution in [3.05, 3.63) is 36.2 Å². The number of tetrazole rings is 1. The molecule has 1 atom stereocenters. The Morgan fingerprint density at radius 2 is 2.26 bits per heavy atom. The molecule has 0 aliphatic carbocycles. The van der Waals surface area contributed by atoms with E-state index in [0.717, 1.165) is 25.2 Å². The number of nitrogens with one attached hydrogen (secondary N) is 1. The summed E-state index contributed by atoms with van der Waals surface area (Å²) in [4.78, 5) is 13.1. The summed E-state index contributed by atoms with van der Waals surface area (Å²) in [5.74, 6) is 1.01. The van der Waals surface area contributed by atoms with Gasteiger partial charge in [-0.05, 0) is 30.2 Å². The number of amides is 1. The monoisotopic (exact) mass is 317 g/mol. The molecule has 3 rings (SSSR count). The van der Waals surface area contributed by atoms with Gasteiger partial charge in [0.15, 0.2) is 6.61 Å². The van der Waals surface area contributed by atoms with Crippen LogP contribution in [0.1, 0.15) is 18.7 Å². The summed E-state index contributed by atoms with van der Waals surface area (Å²) in [5.41, 5.74) is 0. The van der Waals surface area contributed by atoms with E-state index < -0.39 is 0 Å². The predicted molar refractivity (Wildman–Crippen MR) is 80.6 cm³/mol. The van der Waals surface area contributed by atoms with Gasteiger partial charge in [0.1, 0.15) is 12.3 Å². The molecule has 0 spiro atoms. The lowest BCUT2D eigenvalue weighted by molar-refractivity contribution is -0.122. The van der Waals surface area contributed by atoms with Crippen molar-refractivity contribution in [3.8, 4) is 5.75 Å². The van der Waals surface area contributed by atoms with Crippen molar-refractivity contribution in [1.82, 2.24) is 25.5 Å². The van der Waals surface area contributed by atoms with Crippen LogP contribution < -0.4 is 10.1 Å². The minimum absolute atomic E-state index is 0.0328. The van der Waals surface area contributed by atoms with Crippen molar-refractivity contribution >= 4 is 5.91 Å². The molecule has 122 valence electrons. The van der Waals surface area contributed by atoms with E-state index in [0.29, 0.717) is 12.4 Å². The molecule has 0 bridgehead atoms. The van der Waals surface area contributed by atoms with Gasteiger partial charge in [0.2, 0.25) is 11.7 Å². The number of nitrogens with zero attached hydrogens (tertiary/aromatic N) is 4. The fourth-order valence-corrected chi connectivity index (χ4v) is 2.28.